The fourth-order valence-electron chi connectivity index (χ4n) is 3.50. The lowest BCUT2D eigenvalue weighted by Gasteiger charge is -2.40. The molecule has 0 N–H and O–H groups in total. The third kappa shape index (κ3) is 1.47. The van der Waals surface area contributed by atoms with Crippen LogP contribution in [0.15, 0.2) is 30.3 Å². The van der Waals surface area contributed by atoms with Gasteiger partial charge in [0, 0.05) is 29.2 Å². The maximum absolute atomic E-state index is 13.1. The second-order valence-electron chi connectivity index (χ2n) is 5.58. The number of carbonyl (C=O) groups is 1. The first-order valence-corrected chi connectivity index (χ1v) is 7.13. The maximum atomic E-state index is 13.1. The number of hydrogen-bond donors (Lipinski definition) is 0. The molecule has 2 aromatic rings. The van der Waals surface area contributed by atoms with Crippen molar-refractivity contribution in [3.05, 3.63) is 46.7 Å². The number of fused-ring (bicyclic) bond motifs is 2. The van der Waals surface area contributed by atoms with E-state index < -0.39 is 10.6 Å². The number of ether oxygens (including phenoxy) is 2. The summed E-state index contributed by atoms with van der Waals surface area (Å²) in [6.07, 6.45) is 0.626. The van der Waals surface area contributed by atoms with Crippen LogP contribution in [0.3, 0.4) is 0 Å². The third-order valence-corrected chi connectivity index (χ3v) is 4.55. The molecule has 112 valence electrons. The number of methoxy groups -OCH3 is 2. The lowest BCUT2D eigenvalue weighted by atomic mass is 9.91. The smallest absolute Gasteiger partial charge is 0.351 e. The molecule has 1 unspecified atom stereocenters. The average Bonchev–Trinajstić information content (AvgIpc) is 2.91. The highest BCUT2D eigenvalue weighted by Gasteiger charge is 2.46. The van der Waals surface area contributed by atoms with E-state index in [9.17, 15) is 10.0 Å². The number of hydrogen-bond acceptors (Lipinski definition) is 4. The van der Waals surface area contributed by atoms with Gasteiger partial charge in [0.05, 0.1) is 26.3 Å². The van der Waals surface area contributed by atoms with E-state index in [1.807, 2.05) is 18.2 Å². The van der Waals surface area contributed by atoms with Crippen LogP contribution in [-0.4, -0.2) is 26.7 Å². The molecule has 0 saturated carbocycles. The largest absolute Gasteiger partial charge is 0.619 e. The van der Waals surface area contributed by atoms with Crippen molar-refractivity contribution in [1.82, 2.24) is 4.65 Å². The van der Waals surface area contributed by atoms with E-state index in [1.165, 1.54) is 7.11 Å². The summed E-state index contributed by atoms with van der Waals surface area (Å²) in [6, 6.07) is 9.15. The van der Waals surface area contributed by atoms with Crippen LogP contribution in [0, 0.1) is 5.21 Å². The minimum absolute atomic E-state index is 0.263. The Hall–Kier alpha value is -2.37. The van der Waals surface area contributed by atoms with Crippen molar-refractivity contribution in [1.29, 1.82) is 0 Å². The van der Waals surface area contributed by atoms with Crippen LogP contribution in [0.2, 0.25) is 0 Å². The molecule has 2 aromatic carbocycles. The van der Waals surface area contributed by atoms with Crippen LogP contribution in [0.25, 0.3) is 11.1 Å². The summed E-state index contributed by atoms with van der Waals surface area (Å²) in [6.45, 7) is 0.263. The van der Waals surface area contributed by atoms with E-state index in [4.69, 9.17) is 9.47 Å². The number of quaternary nitrogens is 1. The highest BCUT2D eigenvalue weighted by Crippen LogP contribution is 2.50. The van der Waals surface area contributed by atoms with Gasteiger partial charge in [0.1, 0.15) is 0 Å². The van der Waals surface area contributed by atoms with Gasteiger partial charge in [-0.25, -0.2) is 4.79 Å². The quantitative estimate of drug-likeness (QED) is 0.631. The fourth-order valence-corrected chi connectivity index (χ4v) is 3.50. The van der Waals surface area contributed by atoms with Crippen molar-refractivity contribution >= 4 is 11.6 Å². The summed E-state index contributed by atoms with van der Waals surface area (Å²) in [5.41, 5.74) is 3.51. The van der Waals surface area contributed by atoms with Crippen molar-refractivity contribution in [2.24, 2.45) is 0 Å². The Kier molecular flexibility index (Phi) is 2.61. The Morgan fingerprint density at radius 3 is 2.41 bits per heavy atom. The molecular formula is C17H15NO4. The molecule has 0 fully saturated rings. The molecule has 5 heteroatoms. The molecule has 0 bridgehead atoms. The van der Waals surface area contributed by atoms with Gasteiger partial charge < -0.3 is 14.7 Å². The number of hydroxylamine groups is 2. The van der Waals surface area contributed by atoms with Gasteiger partial charge in [0.2, 0.25) is 0 Å². The van der Waals surface area contributed by atoms with E-state index >= 15 is 0 Å². The second kappa shape index (κ2) is 4.32. The summed E-state index contributed by atoms with van der Waals surface area (Å²) < 4.78 is 9.70. The highest BCUT2D eigenvalue weighted by molar-refractivity contribution is 6.15. The fraction of sp³-hybridized carbons (Fsp3) is 0.235. The van der Waals surface area contributed by atoms with Gasteiger partial charge in [-0.15, -0.1) is 0 Å². The number of rotatable bonds is 2. The van der Waals surface area contributed by atoms with E-state index in [0.29, 0.717) is 29.2 Å². The van der Waals surface area contributed by atoms with Crippen molar-refractivity contribution in [3.63, 3.8) is 0 Å². The summed E-state index contributed by atoms with van der Waals surface area (Å²) in [4.78, 5) is 12.8. The first kappa shape index (κ1) is 13.3. The Morgan fingerprint density at radius 2 is 1.73 bits per heavy atom. The molecule has 0 saturated heterocycles. The molecule has 0 aromatic heterocycles. The highest BCUT2D eigenvalue weighted by atomic mass is 16.6. The van der Waals surface area contributed by atoms with E-state index in [1.54, 1.807) is 19.2 Å². The molecule has 2 aliphatic heterocycles. The van der Waals surface area contributed by atoms with Crippen molar-refractivity contribution in [2.75, 3.05) is 20.8 Å². The zero-order valence-electron chi connectivity index (χ0n) is 12.4. The minimum Gasteiger partial charge on any atom is -0.619 e. The molecule has 5 nitrogen and oxygen atoms in total. The van der Waals surface area contributed by atoms with Gasteiger partial charge in [-0.1, -0.05) is 12.1 Å². The Labute approximate surface area is 127 Å². The second-order valence-corrected chi connectivity index (χ2v) is 5.58. The SMILES string of the molecule is COc1cc2c(cc1OC)-c1cccc3c1[N+]([O-])(CC3)C2=O. The molecule has 1 amide bonds. The number of para-hydroxylation sites is 1. The van der Waals surface area contributed by atoms with E-state index in [2.05, 4.69) is 0 Å². The molecule has 4 rings (SSSR count). The van der Waals surface area contributed by atoms with E-state index in [-0.39, 0.29) is 6.54 Å². The van der Waals surface area contributed by atoms with Crippen LogP contribution in [-0.2, 0) is 6.42 Å². The molecular weight excluding hydrogens is 282 g/mol. The molecule has 0 radical (unpaired) electrons. The van der Waals surface area contributed by atoms with Gasteiger partial charge in [0.15, 0.2) is 17.2 Å². The summed E-state index contributed by atoms with van der Waals surface area (Å²) in [5.74, 6) is 0.587. The molecule has 1 atom stereocenters. The molecule has 22 heavy (non-hydrogen) atoms. The van der Waals surface area contributed by atoms with Gasteiger partial charge in [0.25, 0.3) is 0 Å². The van der Waals surface area contributed by atoms with Crippen molar-refractivity contribution < 1.29 is 14.3 Å². The average molecular weight is 297 g/mol. The Morgan fingerprint density at radius 1 is 1.05 bits per heavy atom. The number of benzene rings is 2. The number of nitrogens with zero attached hydrogens (tertiary/aromatic N) is 1. The van der Waals surface area contributed by atoms with Crippen LogP contribution in [0.5, 0.6) is 11.5 Å². The lowest BCUT2D eigenvalue weighted by molar-refractivity contribution is 0.0835. The van der Waals surface area contributed by atoms with Gasteiger partial charge in [-0.05, 0) is 12.1 Å². The summed E-state index contributed by atoms with van der Waals surface area (Å²) in [7, 11) is 3.07. The standard InChI is InChI=1S/C17H15NO4/c1-21-14-8-12-11-5-3-4-10-6-7-18(20,16(10)11)17(19)13(12)9-15(14)22-2/h3-5,8-9H,6-7H2,1-2H3. The topological polar surface area (TPSA) is 58.6 Å². The van der Waals surface area contributed by atoms with Gasteiger partial charge in [-0.3, -0.25) is 4.65 Å². The van der Waals surface area contributed by atoms with Gasteiger partial charge in [-0.2, -0.15) is 0 Å². The third-order valence-electron chi connectivity index (χ3n) is 4.55. The van der Waals surface area contributed by atoms with Crippen LogP contribution in [0.1, 0.15) is 15.9 Å². The monoisotopic (exact) mass is 297 g/mol. The normalized spacial score (nSPS) is 21.3. The zero-order chi connectivity index (χ0) is 15.5. The molecule has 0 aliphatic carbocycles. The summed E-state index contributed by atoms with van der Waals surface area (Å²) >= 11 is 0. The van der Waals surface area contributed by atoms with Crippen LogP contribution in [0.4, 0.5) is 5.69 Å². The molecule has 2 heterocycles. The predicted molar refractivity (Wildman–Crippen MR) is 83.0 cm³/mol. The predicted octanol–water partition coefficient (Wildman–Crippen LogP) is 2.89. The van der Waals surface area contributed by atoms with Crippen molar-refractivity contribution in [2.45, 2.75) is 6.42 Å². The Balaban J connectivity index is 2.08. The molecule has 2 aliphatic rings. The Bertz CT molecular complexity index is 815. The van der Waals surface area contributed by atoms with Crippen LogP contribution >= 0.6 is 0 Å². The summed E-state index contributed by atoms with van der Waals surface area (Å²) in [5, 5.41) is 13.1. The minimum atomic E-state index is -0.895. The number of amides is 1. The van der Waals surface area contributed by atoms with Crippen LogP contribution < -0.4 is 14.1 Å². The first-order valence-electron chi connectivity index (χ1n) is 7.13. The zero-order valence-corrected chi connectivity index (χ0v) is 12.4. The lowest BCUT2D eigenvalue weighted by Crippen LogP contribution is -2.49. The first-order chi connectivity index (χ1) is 10.6. The van der Waals surface area contributed by atoms with Gasteiger partial charge >= 0.3 is 5.91 Å². The molecule has 0 spiro atoms. The maximum Gasteiger partial charge on any atom is 0.351 e. The number of carbonyl (C=O) groups excluding carboxylic acids is 1. The van der Waals surface area contributed by atoms with Crippen molar-refractivity contribution in [3.8, 4) is 22.6 Å². The van der Waals surface area contributed by atoms with E-state index in [0.717, 1.165) is 16.7 Å².